The number of aryl methyl sites for hydroxylation is 1. The first-order valence-electron chi connectivity index (χ1n) is 8.73. The van der Waals surface area contributed by atoms with E-state index in [1.165, 1.54) is 12.1 Å². The summed E-state index contributed by atoms with van der Waals surface area (Å²) < 4.78 is 26.7. The highest BCUT2D eigenvalue weighted by Crippen LogP contribution is 2.17. The van der Waals surface area contributed by atoms with Gasteiger partial charge in [-0.1, -0.05) is 25.1 Å². The first kappa shape index (κ1) is 19.2. The highest BCUT2D eigenvalue weighted by atomic mass is 19.1. The lowest BCUT2D eigenvalue weighted by atomic mass is 10.1. The van der Waals surface area contributed by atoms with Gasteiger partial charge in [0.15, 0.2) is 0 Å². The van der Waals surface area contributed by atoms with Crippen LogP contribution >= 0.6 is 0 Å². The average Bonchev–Trinajstić information content (AvgIpc) is 2.70. The predicted octanol–water partition coefficient (Wildman–Crippen LogP) is 5.03. The van der Waals surface area contributed by atoms with Crippen LogP contribution < -0.4 is 10.6 Å². The van der Waals surface area contributed by atoms with Crippen molar-refractivity contribution in [1.82, 2.24) is 0 Å². The standard InChI is InChI=1S/C22H18F2N2O2/c1-2-14-6-9-18(10-7-14)25-21(27)15-4-3-5-16(12-15)22(28)26-20-11-8-17(23)13-19(20)24/h3-13H,2H2,1H3,(H,25,27)(H,26,28). The lowest BCUT2D eigenvalue weighted by Crippen LogP contribution is -2.16. The smallest absolute Gasteiger partial charge is 0.255 e. The number of carbonyl (C=O) groups excluding carboxylic acids is 2. The fourth-order valence-electron chi connectivity index (χ4n) is 2.61. The lowest BCUT2D eigenvalue weighted by molar-refractivity contribution is 0.102. The molecule has 142 valence electrons. The number of benzene rings is 3. The van der Waals surface area contributed by atoms with Gasteiger partial charge in [-0.25, -0.2) is 8.78 Å². The van der Waals surface area contributed by atoms with Crippen LogP contribution in [0.15, 0.2) is 66.7 Å². The molecule has 28 heavy (non-hydrogen) atoms. The van der Waals surface area contributed by atoms with Gasteiger partial charge in [-0.15, -0.1) is 0 Å². The van der Waals surface area contributed by atoms with E-state index >= 15 is 0 Å². The molecule has 0 saturated carbocycles. The number of hydrogen-bond donors (Lipinski definition) is 2. The normalized spacial score (nSPS) is 10.4. The maximum Gasteiger partial charge on any atom is 0.255 e. The topological polar surface area (TPSA) is 58.2 Å². The van der Waals surface area contributed by atoms with Crippen LogP contribution in [0.4, 0.5) is 20.2 Å². The highest BCUT2D eigenvalue weighted by molar-refractivity contribution is 6.08. The molecule has 0 saturated heterocycles. The van der Waals surface area contributed by atoms with E-state index in [4.69, 9.17) is 0 Å². The Morgan fingerprint density at radius 1 is 0.821 bits per heavy atom. The molecule has 0 aliphatic rings. The summed E-state index contributed by atoms with van der Waals surface area (Å²) in [5.41, 5.74) is 2.12. The maximum atomic E-state index is 13.7. The molecule has 2 amide bonds. The second-order valence-corrected chi connectivity index (χ2v) is 6.16. The van der Waals surface area contributed by atoms with Gasteiger partial charge in [0.1, 0.15) is 11.6 Å². The molecule has 0 unspecified atom stereocenters. The van der Waals surface area contributed by atoms with Crippen molar-refractivity contribution in [2.75, 3.05) is 10.6 Å². The van der Waals surface area contributed by atoms with Crippen LogP contribution in [0, 0.1) is 11.6 Å². The van der Waals surface area contributed by atoms with E-state index in [9.17, 15) is 18.4 Å². The largest absolute Gasteiger partial charge is 0.322 e. The number of nitrogens with one attached hydrogen (secondary N) is 2. The SMILES string of the molecule is CCc1ccc(NC(=O)c2cccc(C(=O)Nc3ccc(F)cc3F)c2)cc1. The molecule has 0 spiro atoms. The van der Waals surface area contributed by atoms with Crippen molar-refractivity contribution >= 4 is 23.2 Å². The number of hydrogen-bond acceptors (Lipinski definition) is 2. The van der Waals surface area contributed by atoms with Crippen LogP contribution in [0.2, 0.25) is 0 Å². The van der Waals surface area contributed by atoms with E-state index in [-0.39, 0.29) is 22.7 Å². The summed E-state index contributed by atoms with van der Waals surface area (Å²) in [7, 11) is 0. The van der Waals surface area contributed by atoms with Crippen molar-refractivity contribution in [2.24, 2.45) is 0 Å². The van der Waals surface area contributed by atoms with Gasteiger partial charge in [0.25, 0.3) is 11.8 Å². The average molecular weight is 380 g/mol. The summed E-state index contributed by atoms with van der Waals surface area (Å²) >= 11 is 0. The van der Waals surface area contributed by atoms with E-state index in [2.05, 4.69) is 10.6 Å². The summed E-state index contributed by atoms with van der Waals surface area (Å²) in [5, 5.41) is 5.14. The van der Waals surface area contributed by atoms with Crippen LogP contribution in [-0.4, -0.2) is 11.8 Å². The Balaban J connectivity index is 1.73. The predicted molar refractivity (Wildman–Crippen MR) is 105 cm³/mol. The van der Waals surface area contributed by atoms with Crippen LogP contribution in [-0.2, 0) is 6.42 Å². The minimum absolute atomic E-state index is 0.141. The molecular weight excluding hydrogens is 362 g/mol. The number of amides is 2. The molecule has 0 fully saturated rings. The zero-order valence-corrected chi connectivity index (χ0v) is 15.1. The van der Waals surface area contributed by atoms with Gasteiger partial charge in [0, 0.05) is 22.9 Å². The summed E-state index contributed by atoms with van der Waals surface area (Å²) in [6, 6.07) is 16.4. The molecule has 3 aromatic carbocycles. The lowest BCUT2D eigenvalue weighted by Gasteiger charge is -2.09. The van der Waals surface area contributed by atoms with E-state index in [0.717, 1.165) is 24.1 Å². The fraction of sp³-hybridized carbons (Fsp3) is 0.0909. The molecule has 0 aromatic heterocycles. The monoisotopic (exact) mass is 380 g/mol. The second kappa shape index (κ2) is 8.43. The molecule has 0 radical (unpaired) electrons. The van der Waals surface area contributed by atoms with Gasteiger partial charge in [-0.3, -0.25) is 9.59 Å². The van der Waals surface area contributed by atoms with E-state index in [1.54, 1.807) is 12.1 Å². The zero-order valence-electron chi connectivity index (χ0n) is 15.1. The Hall–Kier alpha value is -3.54. The summed E-state index contributed by atoms with van der Waals surface area (Å²) in [6.07, 6.45) is 0.903. The summed E-state index contributed by atoms with van der Waals surface area (Å²) in [5.74, 6) is -2.58. The Morgan fingerprint density at radius 3 is 2.07 bits per heavy atom. The van der Waals surface area contributed by atoms with Crippen LogP contribution in [0.5, 0.6) is 0 Å². The number of carbonyl (C=O) groups is 2. The van der Waals surface area contributed by atoms with Crippen molar-refractivity contribution in [3.05, 3.63) is 95.1 Å². The Morgan fingerprint density at radius 2 is 1.46 bits per heavy atom. The molecule has 3 rings (SSSR count). The van der Waals surface area contributed by atoms with Crippen molar-refractivity contribution in [3.63, 3.8) is 0 Å². The molecule has 6 heteroatoms. The second-order valence-electron chi connectivity index (χ2n) is 6.16. The molecule has 0 atom stereocenters. The minimum Gasteiger partial charge on any atom is -0.322 e. The van der Waals surface area contributed by atoms with Crippen molar-refractivity contribution < 1.29 is 18.4 Å². The van der Waals surface area contributed by atoms with Crippen LogP contribution in [0.1, 0.15) is 33.2 Å². The number of halogens is 2. The van der Waals surface area contributed by atoms with Gasteiger partial charge in [0.05, 0.1) is 5.69 Å². The number of anilines is 2. The van der Waals surface area contributed by atoms with Gasteiger partial charge in [-0.05, 0) is 54.4 Å². The molecule has 0 heterocycles. The van der Waals surface area contributed by atoms with Crippen LogP contribution in [0.3, 0.4) is 0 Å². The minimum atomic E-state index is -0.877. The van der Waals surface area contributed by atoms with Gasteiger partial charge < -0.3 is 10.6 Å². The van der Waals surface area contributed by atoms with Crippen molar-refractivity contribution in [3.8, 4) is 0 Å². The van der Waals surface area contributed by atoms with E-state index in [0.29, 0.717) is 11.8 Å². The van der Waals surface area contributed by atoms with Gasteiger partial charge in [-0.2, -0.15) is 0 Å². The third kappa shape index (κ3) is 4.59. The van der Waals surface area contributed by atoms with Crippen molar-refractivity contribution in [1.29, 1.82) is 0 Å². The Kier molecular flexibility index (Phi) is 5.79. The van der Waals surface area contributed by atoms with Gasteiger partial charge in [0.2, 0.25) is 0 Å². The molecule has 3 aromatic rings. The first-order chi connectivity index (χ1) is 13.5. The summed E-state index contributed by atoms with van der Waals surface area (Å²) in [4.78, 5) is 24.8. The highest BCUT2D eigenvalue weighted by Gasteiger charge is 2.13. The molecule has 0 bridgehead atoms. The molecule has 0 aliphatic carbocycles. The van der Waals surface area contributed by atoms with E-state index in [1.807, 2.05) is 31.2 Å². The third-order valence-corrected chi connectivity index (χ3v) is 4.19. The van der Waals surface area contributed by atoms with Crippen LogP contribution in [0.25, 0.3) is 0 Å². The molecule has 0 aliphatic heterocycles. The third-order valence-electron chi connectivity index (χ3n) is 4.19. The zero-order chi connectivity index (χ0) is 20.1. The molecule has 4 nitrogen and oxygen atoms in total. The Labute approximate surface area is 161 Å². The molecule has 2 N–H and O–H groups in total. The summed E-state index contributed by atoms with van der Waals surface area (Å²) in [6.45, 7) is 2.04. The van der Waals surface area contributed by atoms with Crippen molar-refractivity contribution in [2.45, 2.75) is 13.3 Å². The molecular formula is C22H18F2N2O2. The van der Waals surface area contributed by atoms with E-state index < -0.39 is 17.5 Å². The van der Waals surface area contributed by atoms with Gasteiger partial charge >= 0.3 is 0 Å². The maximum absolute atomic E-state index is 13.7. The number of rotatable bonds is 5. The fourth-order valence-corrected chi connectivity index (χ4v) is 2.61. The Bertz CT molecular complexity index is 1020. The first-order valence-corrected chi connectivity index (χ1v) is 8.73. The quantitative estimate of drug-likeness (QED) is 0.652.